The molecule has 0 amide bonds. The van der Waals surface area contributed by atoms with Gasteiger partial charge in [-0.05, 0) is 18.2 Å². The summed E-state index contributed by atoms with van der Waals surface area (Å²) in [6, 6.07) is 7.08. The van der Waals surface area contributed by atoms with Gasteiger partial charge in [0.05, 0.1) is 20.4 Å². The van der Waals surface area contributed by atoms with Crippen LogP contribution in [-0.2, 0) is 0 Å². The third kappa shape index (κ3) is 2.41. The largest absolute Gasteiger partial charge is 0.226 e. The van der Waals surface area contributed by atoms with E-state index in [1.807, 2.05) is 6.07 Å². The molecule has 0 radical (unpaired) electrons. The summed E-state index contributed by atoms with van der Waals surface area (Å²) in [5.74, 6) is 0.416. The van der Waals surface area contributed by atoms with Gasteiger partial charge in [-0.3, -0.25) is 0 Å². The molecule has 0 spiro atoms. The molecule has 3 rings (SSSR count). The lowest BCUT2D eigenvalue weighted by Crippen LogP contribution is -1.91. The maximum Gasteiger partial charge on any atom is 0.163 e. The maximum atomic E-state index is 6.16. The molecule has 0 saturated carbocycles. The Labute approximate surface area is 132 Å². The molecule has 7 heteroatoms. The smallest absolute Gasteiger partial charge is 0.163 e. The highest BCUT2D eigenvalue weighted by molar-refractivity contribution is 7.20. The second-order valence-electron chi connectivity index (χ2n) is 3.71. The predicted octanol–water partition coefficient (Wildman–Crippen LogP) is 5.97. The Morgan fingerprint density at radius 3 is 2.47 bits per heavy atom. The average molecular weight is 350 g/mol. The molecule has 96 valence electrons. The van der Waals surface area contributed by atoms with Crippen LogP contribution in [0.3, 0.4) is 0 Å². The Kier molecular flexibility index (Phi) is 3.58. The van der Waals surface area contributed by atoms with Crippen LogP contribution in [0.2, 0.25) is 18.8 Å². The van der Waals surface area contributed by atoms with Crippen molar-refractivity contribution in [3.8, 4) is 11.4 Å². The number of hydrogen-bond acceptors (Lipinski definition) is 3. The first-order valence-corrected chi connectivity index (χ1v) is 7.46. The van der Waals surface area contributed by atoms with Gasteiger partial charge < -0.3 is 0 Å². The van der Waals surface area contributed by atoms with Gasteiger partial charge in [0.25, 0.3) is 0 Å². The summed E-state index contributed by atoms with van der Waals surface area (Å²) >= 11 is 25.6. The molecule has 2 nitrogen and oxygen atoms in total. The molecule has 2 aromatic heterocycles. The van der Waals surface area contributed by atoms with Gasteiger partial charge in [-0.1, -0.05) is 52.5 Å². The quantitative estimate of drug-likeness (QED) is 0.505. The molecule has 0 fully saturated rings. The number of para-hydroxylation sites is 1. The van der Waals surface area contributed by atoms with E-state index in [1.165, 1.54) is 11.3 Å². The molecule has 2 heterocycles. The van der Waals surface area contributed by atoms with E-state index in [0.717, 1.165) is 0 Å². The zero-order chi connectivity index (χ0) is 13.6. The Bertz CT molecular complexity index is 785. The third-order valence-corrected chi connectivity index (χ3v) is 4.61. The molecule has 0 aliphatic carbocycles. The van der Waals surface area contributed by atoms with E-state index in [-0.39, 0.29) is 0 Å². The molecule has 0 aliphatic rings. The van der Waals surface area contributed by atoms with Crippen LogP contribution in [0.25, 0.3) is 22.3 Å². The Morgan fingerprint density at radius 2 is 1.79 bits per heavy atom. The summed E-state index contributed by atoms with van der Waals surface area (Å²) in [4.78, 5) is 8.66. The number of nitrogens with zero attached hydrogens (tertiary/aromatic N) is 2. The Balaban J connectivity index is 2.32. The van der Waals surface area contributed by atoms with Gasteiger partial charge in [-0.2, -0.15) is 0 Å². The molecule has 0 bridgehead atoms. The van der Waals surface area contributed by atoms with E-state index in [1.54, 1.807) is 18.2 Å². The van der Waals surface area contributed by atoms with Crippen molar-refractivity contribution in [2.45, 2.75) is 0 Å². The van der Waals surface area contributed by atoms with Crippen LogP contribution in [0.15, 0.2) is 24.3 Å². The fourth-order valence-corrected chi connectivity index (χ4v) is 3.60. The summed E-state index contributed by atoms with van der Waals surface area (Å²) < 4.78 is 1.09. The van der Waals surface area contributed by atoms with Gasteiger partial charge in [-0.15, -0.1) is 11.3 Å². The van der Waals surface area contributed by atoms with Crippen molar-refractivity contribution in [3.05, 3.63) is 43.1 Å². The molecular weight excluding hydrogens is 346 g/mol. The predicted molar refractivity (Wildman–Crippen MR) is 82.9 cm³/mol. The first kappa shape index (κ1) is 13.4. The highest BCUT2D eigenvalue weighted by Crippen LogP contribution is 2.38. The number of thiophene rings is 1. The number of fused-ring (bicyclic) bond motifs is 1. The van der Waals surface area contributed by atoms with Crippen LogP contribution in [0.4, 0.5) is 0 Å². The fraction of sp³-hybridized carbons (Fsp3) is 0. The summed E-state index contributed by atoms with van der Waals surface area (Å²) in [6.45, 7) is 0. The van der Waals surface area contributed by atoms with Crippen LogP contribution in [0, 0.1) is 0 Å². The summed E-state index contributed by atoms with van der Waals surface area (Å²) in [5.41, 5.74) is 1.25. The maximum absolute atomic E-state index is 6.16. The summed E-state index contributed by atoms with van der Waals surface area (Å²) in [6.07, 6.45) is 0. The van der Waals surface area contributed by atoms with E-state index < -0.39 is 0 Å². The second kappa shape index (κ2) is 5.08. The van der Waals surface area contributed by atoms with Gasteiger partial charge in [0.2, 0.25) is 0 Å². The number of aromatic nitrogens is 2. The van der Waals surface area contributed by atoms with Crippen molar-refractivity contribution in [2.24, 2.45) is 0 Å². The van der Waals surface area contributed by atoms with Crippen LogP contribution >= 0.6 is 57.7 Å². The minimum atomic E-state index is 0.334. The van der Waals surface area contributed by atoms with E-state index in [9.17, 15) is 0 Å². The van der Waals surface area contributed by atoms with Gasteiger partial charge in [0.1, 0.15) is 9.49 Å². The van der Waals surface area contributed by atoms with Gasteiger partial charge in [0.15, 0.2) is 5.82 Å². The summed E-state index contributed by atoms with van der Waals surface area (Å²) in [5, 5.41) is 1.55. The molecule has 0 atom stereocenters. The van der Waals surface area contributed by atoms with Crippen LogP contribution < -0.4 is 0 Å². The fourth-order valence-electron chi connectivity index (χ4n) is 1.69. The molecule has 1 aromatic carbocycles. The van der Waals surface area contributed by atoms with Crippen molar-refractivity contribution < 1.29 is 0 Å². The third-order valence-electron chi connectivity index (χ3n) is 2.53. The van der Waals surface area contributed by atoms with Crippen molar-refractivity contribution in [3.63, 3.8) is 0 Å². The molecule has 19 heavy (non-hydrogen) atoms. The van der Waals surface area contributed by atoms with Crippen molar-refractivity contribution >= 4 is 68.6 Å². The van der Waals surface area contributed by atoms with E-state index in [4.69, 9.17) is 46.4 Å². The SMILES string of the molecule is Clc1cc(-c2nc(Cl)c3cccc(Cl)c3n2)c(Cl)s1. The Morgan fingerprint density at radius 1 is 1.00 bits per heavy atom. The minimum absolute atomic E-state index is 0.334. The van der Waals surface area contributed by atoms with Crippen molar-refractivity contribution in [1.29, 1.82) is 0 Å². The molecule has 0 N–H and O–H groups in total. The molecule has 0 unspecified atom stereocenters. The number of rotatable bonds is 1. The molecular formula is C12H4Cl4N2S. The first-order chi connectivity index (χ1) is 9.06. The topological polar surface area (TPSA) is 25.8 Å². The van der Waals surface area contributed by atoms with Crippen LogP contribution in [0.1, 0.15) is 0 Å². The molecule has 0 saturated heterocycles. The molecule has 0 aliphatic heterocycles. The lowest BCUT2D eigenvalue weighted by molar-refractivity contribution is 1.23. The second-order valence-corrected chi connectivity index (χ2v) is 6.76. The zero-order valence-electron chi connectivity index (χ0n) is 9.12. The highest BCUT2D eigenvalue weighted by Gasteiger charge is 2.14. The standard InChI is InChI=1S/C12H4Cl4N2S/c13-7-3-1-2-5-9(7)17-12(18-10(5)15)6-4-8(14)19-11(6)16/h1-4H. The zero-order valence-corrected chi connectivity index (χ0v) is 13.0. The average Bonchev–Trinajstić information content (AvgIpc) is 2.70. The van der Waals surface area contributed by atoms with Crippen molar-refractivity contribution in [1.82, 2.24) is 9.97 Å². The van der Waals surface area contributed by atoms with Crippen LogP contribution in [0.5, 0.6) is 0 Å². The monoisotopic (exact) mass is 348 g/mol. The van der Waals surface area contributed by atoms with Crippen LogP contribution in [-0.4, -0.2) is 9.97 Å². The molecule has 3 aromatic rings. The number of halogens is 4. The summed E-state index contributed by atoms with van der Waals surface area (Å²) in [7, 11) is 0. The normalized spacial score (nSPS) is 11.2. The lowest BCUT2D eigenvalue weighted by atomic mass is 10.2. The number of hydrogen-bond donors (Lipinski definition) is 0. The highest BCUT2D eigenvalue weighted by atomic mass is 35.5. The van der Waals surface area contributed by atoms with Gasteiger partial charge in [-0.25, -0.2) is 9.97 Å². The number of benzene rings is 1. The van der Waals surface area contributed by atoms with Gasteiger partial charge >= 0.3 is 0 Å². The Hall–Kier alpha value is -0.580. The lowest BCUT2D eigenvalue weighted by Gasteiger charge is -2.04. The van der Waals surface area contributed by atoms with E-state index >= 15 is 0 Å². The van der Waals surface area contributed by atoms with E-state index in [2.05, 4.69) is 9.97 Å². The van der Waals surface area contributed by atoms with E-state index in [0.29, 0.717) is 41.1 Å². The van der Waals surface area contributed by atoms with Gasteiger partial charge in [0, 0.05) is 5.39 Å². The minimum Gasteiger partial charge on any atom is -0.226 e. The van der Waals surface area contributed by atoms with Crippen molar-refractivity contribution in [2.75, 3.05) is 0 Å². The first-order valence-electron chi connectivity index (χ1n) is 5.13.